The fourth-order valence-electron chi connectivity index (χ4n) is 2.72. The highest BCUT2D eigenvalue weighted by Gasteiger charge is 2.13. The summed E-state index contributed by atoms with van der Waals surface area (Å²) in [6.07, 6.45) is 4.37. The first-order valence-electron chi connectivity index (χ1n) is 7.85. The van der Waals surface area contributed by atoms with Gasteiger partial charge in [-0.3, -0.25) is 4.79 Å². The fourth-order valence-corrected chi connectivity index (χ4v) is 2.72. The first kappa shape index (κ1) is 14.6. The van der Waals surface area contributed by atoms with Crippen molar-refractivity contribution in [2.45, 2.75) is 32.7 Å². The summed E-state index contributed by atoms with van der Waals surface area (Å²) < 4.78 is 1.74. The second-order valence-corrected chi connectivity index (χ2v) is 5.98. The molecule has 0 saturated carbocycles. The molecular formula is C17H22N4O. The summed E-state index contributed by atoms with van der Waals surface area (Å²) >= 11 is 0. The maximum Gasteiger partial charge on any atom is 0.271 e. The molecule has 3 rings (SSSR count). The smallest absolute Gasteiger partial charge is 0.271 e. The minimum absolute atomic E-state index is 0.109. The van der Waals surface area contributed by atoms with E-state index in [0.717, 1.165) is 18.8 Å². The van der Waals surface area contributed by atoms with Gasteiger partial charge in [-0.1, -0.05) is 0 Å². The van der Waals surface area contributed by atoms with Crippen LogP contribution in [-0.2, 0) is 0 Å². The Labute approximate surface area is 130 Å². The molecule has 22 heavy (non-hydrogen) atoms. The third kappa shape index (κ3) is 3.13. The van der Waals surface area contributed by atoms with E-state index in [1.165, 1.54) is 18.5 Å². The second-order valence-electron chi connectivity index (χ2n) is 5.98. The van der Waals surface area contributed by atoms with Crippen molar-refractivity contribution in [2.75, 3.05) is 18.0 Å². The van der Waals surface area contributed by atoms with Crippen molar-refractivity contribution in [3.05, 3.63) is 42.2 Å². The van der Waals surface area contributed by atoms with E-state index in [1.54, 1.807) is 10.7 Å². The topological polar surface area (TPSA) is 50.2 Å². The van der Waals surface area contributed by atoms with Gasteiger partial charge >= 0.3 is 0 Å². The molecule has 5 heteroatoms. The molecule has 1 fully saturated rings. The van der Waals surface area contributed by atoms with Crippen molar-refractivity contribution in [2.24, 2.45) is 0 Å². The summed E-state index contributed by atoms with van der Waals surface area (Å²) in [6.45, 7) is 6.15. The van der Waals surface area contributed by atoms with Crippen LogP contribution in [0.5, 0.6) is 0 Å². The van der Waals surface area contributed by atoms with Crippen molar-refractivity contribution < 1.29 is 4.79 Å². The number of aromatic nitrogens is 2. The van der Waals surface area contributed by atoms with Crippen molar-refractivity contribution in [3.8, 4) is 5.69 Å². The largest absolute Gasteiger partial charge is 0.372 e. The quantitative estimate of drug-likeness (QED) is 0.944. The summed E-state index contributed by atoms with van der Waals surface area (Å²) in [7, 11) is 0. The number of carbonyl (C=O) groups excluding carboxylic acids is 1. The molecule has 1 N–H and O–H groups in total. The third-order valence-corrected chi connectivity index (χ3v) is 3.83. The Morgan fingerprint density at radius 1 is 1.09 bits per heavy atom. The van der Waals surface area contributed by atoms with E-state index in [-0.39, 0.29) is 11.9 Å². The Hall–Kier alpha value is -2.30. The van der Waals surface area contributed by atoms with Gasteiger partial charge in [-0.05, 0) is 57.0 Å². The summed E-state index contributed by atoms with van der Waals surface area (Å²) in [6, 6.07) is 10.2. The second kappa shape index (κ2) is 6.22. The lowest BCUT2D eigenvalue weighted by Gasteiger charge is -2.17. The molecule has 116 valence electrons. The molecule has 1 amide bonds. The summed E-state index contributed by atoms with van der Waals surface area (Å²) in [5.74, 6) is -0.137. The molecule has 2 heterocycles. The molecule has 2 aromatic rings. The average molecular weight is 298 g/mol. The molecule has 0 aliphatic carbocycles. The number of carbonyl (C=O) groups is 1. The van der Waals surface area contributed by atoms with Gasteiger partial charge < -0.3 is 10.2 Å². The highest BCUT2D eigenvalue weighted by Crippen LogP contribution is 2.21. The number of anilines is 1. The highest BCUT2D eigenvalue weighted by atomic mass is 16.2. The summed E-state index contributed by atoms with van der Waals surface area (Å²) in [5, 5.41) is 7.20. The van der Waals surface area contributed by atoms with Gasteiger partial charge in [-0.25, -0.2) is 4.68 Å². The van der Waals surface area contributed by atoms with Crippen LogP contribution in [-0.4, -0.2) is 34.8 Å². The van der Waals surface area contributed by atoms with Crippen LogP contribution < -0.4 is 10.2 Å². The van der Waals surface area contributed by atoms with Crippen LogP contribution in [0.25, 0.3) is 5.69 Å². The normalized spacial score (nSPS) is 14.6. The zero-order valence-corrected chi connectivity index (χ0v) is 13.1. The predicted octanol–water partition coefficient (Wildman–Crippen LogP) is 2.61. The van der Waals surface area contributed by atoms with E-state index in [1.807, 2.05) is 32.2 Å². The first-order chi connectivity index (χ1) is 10.6. The molecule has 1 aromatic carbocycles. The SMILES string of the molecule is CC(C)NC(=O)c1ccn(-c2ccc(N3CCCC3)cc2)n1. The number of amides is 1. The summed E-state index contributed by atoms with van der Waals surface area (Å²) in [5.41, 5.74) is 2.66. The highest BCUT2D eigenvalue weighted by molar-refractivity contribution is 5.92. The van der Waals surface area contributed by atoms with Crippen molar-refractivity contribution in [1.29, 1.82) is 0 Å². The van der Waals surface area contributed by atoms with E-state index < -0.39 is 0 Å². The van der Waals surface area contributed by atoms with Crippen LogP contribution in [0.15, 0.2) is 36.5 Å². The predicted molar refractivity (Wildman–Crippen MR) is 87.6 cm³/mol. The minimum Gasteiger partial charge on any atom is -0.372 e. The number of benzene rings is 1. The molecule has 1 aliphatic heterocycles. The minimum atomic E-state index is -0.137. The molecule has 0 spiro atoms. The lowest BCUT2D eigenvalue weighted by atomic mass is 10.2. The lowest BCUT2D eigenvalue weighted by molar-refractivity contribution is 0.0937. The molecule has 0 bridgehead atoms. The first-order valence-corrected chi connectivity index (χ1v) is 7.85. The lowest BCUT2D eigenvalue weighted by Crippen LogP contribution is -2.30. The third-order valence-electron chi connectivity index (χ3n) is 3.83. The Morgan fingerprint density at radius 3 is 2.36 bits per heavy atom. The van der Waals surface area contributed by atoms with Crippen LogP contribution in [0.2, 0.25) is 0 Å². The number of rotatable bonds is 4. The molecule has 1 aromatic heterocycles. The summed E-state index contributed by atoms with van der Waals surface area (Å²) in [4.78, 5) is 14.3. The van der Waals surface area contributed by atoms with E-state index in [2.05, 4.69) is 27.4 Å². The van der Waals surface area contributed by atoms with Crippen molar-refractivity contribution in [1.82, 2.24) is 15.1 Å². The van der Waals surface area contributed by atoms with Gasteiger partial charge in [0.25, 0.3) is 5.91 Å². The standard InChI is InChI=1S/C17H22N4O/c1-13(2)18-17(22)16-9-12-21(19-16)15-7-5-14(6-8-15)20-10-3-4-11-20/h5-9,12-13H,3-4,10-11H2,1-2H3,(H,18,22). The van der Waals surface area contributed by atoms with Gasteiger partial charge in [0.1, 0.15) is 0 Å². The maximum absolute atomic E-state index is 11.9. The van der Waals surface area contributed by atoms with Crippen molar-refractivity contribution >= 4 is 11.6 Å². The van der Waals surface area contributed by atoms with E-state index in [9.17, 15) is 4.79 Å². The van der Waals surface area contributed by atoms with E-state index in [4.69, 9.17) is 0 Å². The fraction of sp³-hybridized carbons (Fsp3) is 0.412. The van der Waals surface area contributed by atoms with Crippen LogP contribution in [0.4, 0.5) is 5.69 Å². The van der Waals surface area contributed by atoms with E-state index >= 15 is 0 Å². The number of nitrogens with zero attached hydrogens (tertiary/aromatic N) is 3. The molecule has 0 radical (unpaired) electrons. The average Bonchev–Trinajstić information content (AvgIpc) is 3.19. The Balaban J connectivity index is 1.74. The van der Waals surface area contributed by atoms with Crippen LogP contribution in [0.3, 0.4) is 0 Å². The van der Waals surface area contributed by atoms with Gasteiger partial charge in [-0.15, -0.1) is 0 Å². The maximum atomic E-state index is 11.9. The van der Waals surface area contributed by atoms with Gasteiger partial charge in [0.15, 0.2) is 5.69 Å². The number of hydrogen-bond donors (Lipinski definition) is 1. The zero-order valence-electron chi connectivity index (χ0n) is 13.1. The number of nitrogens with one attached hydrogen (secondary N) is 1. The molecule has 0 unspecified atom stereocenters. The molecule has 5 nitrogen and oxygen atoms in total. The molecule has 1 saturated heterocycles. The Bertz CT molecular complexity index is 639. The molecule has 0 atom stereocenters. The Kier molecular flexibility index (Phi) is 4.13. The van der Waals surface area contributed by atoms with E-state index in [0.29, 0.717) is 5.69 Å². The van der Waals surface area contributed by atoms with Gasteiger partial charge in [-0.2, -0.15) is 5.10 Å². The van der Waals surface area contributed by atoms with Gasteiger partial charge in [0, 0.05) is 31.0 Å². The van der Waals surface area contributed by atoms with Gasteiger partial charge in [0.2, 0.25) is 0 Å². The monoisotopic (exact) mass is 298 g/mol. The van der Waals surface area contributed by atoms with Crippen LogP contribution in [0.1, 0.15) is 37.2 Å². The van der Waals surface area contributed by atoms with Crippen LogP contribution in [0, 0.1) is 0 Å². The van der Waals surface area contributed by atoms with Crippen LogP contribution >= 0.6 is 0 Å². The molecular weight excluding hydrogens is 276 g/mol. The zero-order chi connectivity index (χ0) is 15.5. The molecule has 1 aliphatic rings. The van der Waals surface area contributed by atoms with Gasteiger partial charge in [0.05, 0.1) is 5.69 Å². The number of hydrogen-bond acceptors (Lipinski definition) is 3. The van der Waals surface area contributed by atoms with Crippen molar-refractivity contribution in [3.63, 3.8) is 0 Å². The Morgan fingerprint density at radius 2 is 1.73 bits per heavy atom.